The van der Waals surface area contributed by atoms with Crippen LogP contribution in [0.2, 0.25) is 0 Å². The number of hydrogen-bond acceptors (Lipinski definition) is 6. The van der Waals surface area contributed by atoms with Crippen molar-refractivity contribution in [2.24, 2.45) is 0 Å². The molecule has 2 aromatic heterocycles. The average molecular weight is 357 g/mol. The summed E-state index contributed by atoms with van der Waals surface area (Å²) in [5, 5.41) is 0. The summed E-state index contributed by atoms with van der Waals surface area (Å²) in [6, 6.07) is 8.53. The molecule has 0 atom stereocenters. The zero-order valence-corrected chi connectivity index (χ0v) is 14.4. The minimum Gasteiger partial charge on any atom is -0.497 e. The van der Waals surface area contributed by atoms with E-state index in [4.69, 9.17) is 13.9 Å². The maximum absolute atomic E-state index is 12.1. The number of Topliss-reactive ketones (excluding diaryl/α,β-unsaturated/α-hetero) is 1. The highest BCUT2D eigenvalue weighted by Gasteiger charge is 2.06. The minimum absolute atomic E-state index is 0.220. The zero-order valence-electron chi connectivity index (χ0n) is 13.6. The fourth-order valence-electron chi connectivity index (χ4n) is 2.20. The Bertz CT molecular complexity index is 1040. The second-order valence-electron chi connectivity index (χ2n) is 5.06. The van der Waals surface area contributed by atoms with E-state index in [1.165, 1.54) is 23.7 Å². The third-order valence-electron chi connectivity index (χ3n) is 3.38. The van der Waals surface area contributed by atoms with Gasteiger partial charge in [0.1, 0.15) is 11.5 Å². The Morgan fingerprint density at radius 1 is 1.20 bits per heavy atom. The van der Waals surface area contributed by atoms with Crippen LogP contribution in [0.15, 0.2) is 45.8 Å². The Labute approximate surface area is 146 Å². The molecule has 6 nitrogen and oxygen atoms in total. The van der Waals surface area contributed by atoms with E-state index in [1.54, 1.807) is 50.6 Å². The van der Waals surface area contributed by atoms with Gasteiger partial charge in [0.2, 0.25) is 5.78 Å². The van der Waals surface area contributed by atoms with Gasteiger partial charge in [-0.25, -0.2) is 0 Å². The molecule has 3 aromatic rings. The van der Waals surface area contributed by atoms with Crippen molar-refractivity contribution in [3.63, 3.8) is 0 Å². The van der Waals surface area contributed by atoms with Gasteiger partial charge in [-0.2, -0.15) is 0 Å². The molecule has 0 unspecified atom stereocenters. The highest BCUT2D eigenvalue weighted by atomic mass is 32.1. The van der Waals surface area contributed by atoms with Crippen molar-refractivity contribution < 1.29 is 18.7 Å². The normalized spacial score (nSPS) is 12.4. The number of carbonyl (C=O) groups is 1. The van der Waals surface area contributed by atoms with Crippen LogP contribution in [-0.4, -0.2) is 25.0 Å². The van der Waals surface area contributed by atoms with Crippen LogP contribution >= 0.6 is 11.3 Å². The van der Waals surface area contributed by atoms with Crippen molar-refractivity contribution in [2.45, 2.75) is 0 Å². The summed E-state index contributed by atoms with van der Waals surface area (Å²) in [5.74, 6) is 1.16. The van der Waals surface area contributed by atoms with Gasteiger partial charge < -0.3 is 18.9 Å². The van der Waals surface area contributed by atoms with Gasteiger partial charge in [-0.05, 0) is 35.9 Å². The first-order chi connectivity index (χ1) is 12.1. The molecule has 1 aromatic carbocycles. The molecular weight excluding hydrogens is 342 g/mol. The lowest BCUT2D eigenvalue weighted by atomic mass is 10.2. The molecule has 7 heteroatoms. The number of nitrogens with one attached hydrogen (secondary N) is 1. The molecule has 0 saturated heterocycles. The molecule has 25 heavy (non-hydrogen) atoms. The number of aromatic amines is 1. The third-order valence-corrected chi connectivity index (χ3v) is 4.34. The molecule has 0 radical (unpaired) electrons. The van der Waals surface area contributed by atoms with Crippen molar-refractivity contribution in [1.29, 1.82) is 0 Å². The van der Waals surface area contributed by atoms with Gasteiger partial charge in [0.15, 0.2) is 5.76 Å². The van der Waals surface area contributed by atoms with E-state index in [2.05, 4.69) is 4.98 Å². The number of H-pyrrole nitrogens is 1. The lowest BCUT2D eigenvalue weighted by molar-refractivity contribution is 0.103. The summed E-state index contributed by atoms with van der Waals surface area (Å²) in [6.45, 7) is 0. The topological polar surface area (TPSA) is 81.5 Å². The summed E-state index contributed by atoms with van der Waals surface area (Å²) in [5.41, 5.74) is 0.484. The second kappa shape index (κ2) is 7.23. The summed E-state index contributed by atoms with van der Waals surface area (Å²) in [7, 11) is 3.12. The zero-order chi connectivity index (χ0) is 17.8. The molecule has 0 fully saturated rings. The van der Waals surface area contributed by atoms with Crippen LogP contribution in [0.3, 0.4) is 0 Å². The number of benzene rings is 1. The number of ether oxygens (including phenoxy) is 2. The fourth-order valence-corrected chi connectivity index (χ4v) is 3.08. The highest BCUT2D eigenvalue weighted by Crippen LogP contribution is 2.22. The summed E-state index contributed by atoms with van der Waals surface area (Å²) >= 11 is 1.18. The molecule has 0 amide bonds. The Hall–Kier alpha value is -3.06. The lowest BCUT2D eigenvalue weighted by Gasteiger charge is -2.05. The molecule has 0 spiro atoms. The molecule has 0 aliphatic rings. The second-order valence-corrected chi connectivity index (χ2v) is 6.14. The van der Waals surface area contributed by atoms with Crippen LogP contribution in [0.25, 0.3) is 12.2 Å². The first kappa shape index (κ1) is 16.8. The first-order valence-corrected chi connectivity index (χ1v) is 8.14. The van der Waals surface area contributed by atoms with Gasteiger partial charge in [0.05, 0.1) is 29.7 Å². The SMILES string of the molecule is COc1cc(/C=c2\s/c(=C\C(=O)c3ccco3)[nH]c2=O)cc(OC)c1. The molecule has 0 saturated carbocycles. The molecule has 2 heterocycles. The van der Waals surface area contributed by atoms with E-state index in [9.17, 15) is 9.59 Å². The van der Waals surface area contributed by atoms with Crippen LogP contribution in [0, 0.1) is 0 Å². The number of ketones is 1. The molecule has 128 valence electrons. The average Bonchev–Trinajstić information content (AvgIpc) is 3.25. The van der Waals surface area contributed by atoms with Gasteiger partial charge >= 0.3 is 0 Å². The predicted molar refractivity (Wildman–Crippen MR) is 94.8 cm³/mol. The van der Waals surface area contributed by atoms with Gasteiger partial charge in [0, 0.05) is 12.1 Å². The third kappa shape index (κ3) is 3.89. The summed E-state index contributed by atoms with van der Waals surface area (Å²) < 4.78 is 16.4. The van der Waals surface area contributed by atoms with Gasteiger partial charge in [-0.15, -0.1) is 11.3 Å². The lowest BCUT2D eigenvalue weighted by Crippen LogP contribution is -2.20. The number of methoxy groups -OCH3 is 2. The number of furan rings is 1. The number of thiazole rings is 1. The van der Waals surface area contributed by atoms with Crippen LogP contribution in [0.5, 0.6) is 11.5 Å². The monoisotopic (exact) mass is 357 g/mol. The molecule has 0 aliphatic heterocycles. The molecule has 0 bridgehead atoms. The van der Waals surface area contributed by atoms with Crippen molar-refractivity contribution in [1.82, 2.24) is 4.98 Å². The van der Waals surface area contributed by atoms with E-state index in [-0.39, 0.29) is 17.1 Å². The molecule has 1 N–H and O–H groups in total. The largest absolute Gasteiger partial charge is 0.497 e. The molecule has 0 aliphatic carbocycles. The standard InChI is InChI=1S/C18H15NO5S/c1-22-12-6-11(7-13(9-12)23-2)8-16-18(21)19-17(25-16)10-14(20)15-4-3-5-24-15/h3-10H,1-2H3,(H,19,21)/b16-8-,17-10-. The van der Waals surface area contributed by atoms with E-state index in [0.717, 1.165) is 5.56 Å². The number of aromatic nitrogens is 1. The quantitative estimate of drug-likeness (QED) is 0.701. The van der Waals surface area contributed by atoms with Crippen molar-refractivity contribution >= 4 is 29.3 Å². The van der Waals surface area contributed by atoms with E-state index < -0.39 is 0 Å². The number of hydrogen-bond donors (Lipinski definition) is 1. The summed E-state index contributed by atoms with van der Waals surface area (Å²) in [6.07, 6.45) is 4.48. The highest BCUT2D eigenvalue weighted by molar-refractivity contribution is 7.07. The van der Waals surface area contributed by atoms with Crippen LogP contribution in [0.4, 0.5) is 0 Å². The van der Waals surface area contributed by atoms with Crippen molar-refractivity contribution in [3.05, 3.63) is 67.5 Å². The van der Waals surface area contributed by atoms with Crippen LogP contribution in [-0.2, 0) is 0 Å². The van der Waals surface area contributed by atoms with E-state index in [1.807, 2.05) is 0 Å². The van der Waals surface area contributed by atoms with Gasteiger partial charge in [-0.3, -0.25) is 9.59 Å². The maximum atomic E-state index is 12.1. The van der Waals surface area contributed by atoms with Gasteiger partial charge in [-0.1, -0.05) is 0 Å². The first-order valence-electron chi connectivity index (χ1n) is 7.32. The smallest absolute Gasteiger partial charge is 0.266 e. The Morgan fingerprint density at radius 2 is 1.92 bits per heavy atom. The van der Waals surface area contributed by atoms with Crippen molar-refractivity contribution in [3.8, 4) is 11.5 Å². The fraction of sp³-hybridized carbons (Fsp3) is 0.111. The Kier molecular flexibility index (Phi) is 4.85. The summed E-state index contributed by atoms with van der Waals surface area (Å²) in [4.78, 5) is 26.8. The van der Waals surface area contributed by atoms with E-state index >= 15 is 0 Å². The van der Waals surface area contributed by atoms with Gasteiger partial charge in [0.25, 0.3) is 5.56 Å². The molecule has 3 rings (SSSR count). The number of rotatable bonds is 5. The van der Waals surface area contributed by atoms with Crippen molar-refractivity contribution in [2.75, 3.05) is 14.2 Å². The van der Waals surface area contributed by atoms with Crippen LogP contribution in [0.1, 0.15) is 16.1 Å². The minimum atomic E-state index is -0.308. The number of carbonyl (C=O) groups excluding carboxylic acids is 1. The molecular formula is C18H15NO5S. The van der Waals surface area contributed by atoms with E-state index in [0.29, 0.717) is 20.7 Å². The van der Waals surface area contributed by atoms with Crippen LogP contribution < -0.4 is 24.2 Å². The Balaban J connectivity index is 2.02. The predicted octanol–water partition coefficient (Wildman–Crippen LogP) is 1.54. The maximum Gasteiger partial charge on any atom is 0.266 e. The Morgan fingerprint density at radius 3 is 2.52 bits per heavy atom.